The Morgan fingerprint density at radius 2 is 2.12 bits per heavy atom. The third-order valence-corrected chi connectivity index (χ3v) is 5.21. The van der Waals surface area contributed by atoms with Gasteiger partial charge in [-0.2, -0.15) is 5.10 Å². The lowest BCUT2D eigenvalue weighted by atomic mass is 9.82. The summed E-state index contributed by atoms with van der Waals surface area (Å²) in [7, 11) is 0. The summed E-state index contributed by atoms with van der Waals surface area (Å²) in [6.45, 7) is 1.55. The molecule has 0 bridgehead atoms. The molecule has 2 amide bonds. The van der Waals surface area contributed by atoms with Crippen molar-refractivity contribution >= 4 is 11.7 Å². The first kappa shape index (κ1) is 16.1. The van der Waals surface area contributed by atoms with Crippen molar-refractivity contribution in [2.24, 2.45) is 5.92 Å². The second-order valence-electron chi connectivity index (χ2n) is 6.90. The van der Waals surface area contributed by atoms with Crippen molar-refractivity contribution in [3.8, 4) is 0 Å². The Morgan fingerprint density at radius 3 is 2.92 bits per heavy atom. The first-order valence-electron chi connectivity index (χ1n) is 9.03. The smallest absolute Gasteiger partial charge is 0.319 e. The van der Waals surface area contributed by atoms with Crippen LogP contribution in [0.1, 0.15) is 31.2 Å². The van der Waals surface area contributed by atoms with Crippen molar-refractivity contribution in [1.82, 2.24) is 15.1 Å². The highest BCUT2D eigenvalue weighted by molar-refractivity contribution is 5.89. The zero-order valence-electron chi connectivity index (χ0n) is 14.2. The van der Waals surface area contributed by atoms with Gasteiger partial charge in [0.2, 0.25) is 0 Å². The van der Waals surface area contributed by atoms with Crippen LogP contribution in [0.2, 0.25) is 0 Å². The van der Waals surface area contributed by atoms with E-state index in [2.05, 4.69) is 15.7 Å². The molecule has 3 atom stereocenters. The highest BCUT2D eigenvalue weighted by Crippen LogP contribution is 2.34. The zero-order valence-corrected chi connectivity index (χ0v) is 14.2. The maximum atomic E-state index is 12.3. The Balaban J connectivity index is 1.31. The fourth-order valence-electron chi connectivity index (χ4n) is 3.97. The summed E-state index contributed by atoms with van der Waals surface area (Å²) in [5, 5.41) is 10.3. The van der Waals surface area contributed by atoms with Gasteiger partial charge in [-0.15, -0.1) is 0 Å². The molecule has 0 radical (unpaired) electrons. The second kappa shape index (κ2) is 7.27. The van der Waals surface area contributed by atoms with E-state index in [1.54, 1.807) is 6.20 Å². The molecule has 25 heavy (non-hydrogen) atoms. The maximum Gasteiger partial charge on any atom is 0.319 e. The molecule has 1 saturated heterocycles. The molecule has 1 aliphatic heterocycles. The van der Waals surface area contributed by atoms with Crippen LogP contribution < -0.4 is 10.6 Å². The summed E-state index contributed by atoms with van der Waals surface area (Å²) in [6.07, 6.45) is 8.38. The number of rotatable bonds is 4. The molecule has 132 valence electrons. The van der Waals surface area contributed by atoms with Gasteiger partial charge in [-0.25, -0.2) is 4.79 Å². The molecule has 2 heterocycles. The number of ether oxygens (including phenoxy) is 1. The van der Waals surface area contributed by atoms with E-state index in [1.807, 2.05) is 41.2 Å². The van der Waals surface area contributed by atoms with Crippen LogP contribution in [0.5, 0.6) is 0 Å². The first-order valence-corrected chi connectivity index (χ1v) is 9.03. The molecule has 2 N–H and O–H groups in total. The number of amides is 2. The minimum Gasteiger partial charge on any atom is -0.378 e. The van der Waals surface area contributed by atoms with Crippen LogP contribution in [0.15, 0.2) is 42.7 Å². The average Bonchev–Trinajstić information content (AvgIpc) is 3.28. The number of urea groups is 1. The Kier molecular flexibility index (Phi) is 4.70. The quantitative estimate of drug-likeness (QED) is 0.899. The zero-order chi connectivity index (χ0) is 17.1. The Morgan fingerprint density at radius 1 is 1.24 bits per heavy atom. The van der Waals surface area contributed by atoms with Crippen LogP contribution >= 0.6 is 0 Å². The number of anilines is 1. The molecule has 6 nitrogen and oxygen atoms in total. The molecule has 6 heteroatoms. The average molecular weight is 340 g/mol. The van der Waals surface area contributed by atoms with Crippen LogP contribution in [0.25, 0.3) is 0 Å². The van der Waals surface area contributed by atoms with Crippen LogP contribution in [0.3, 0.4) is 0 Å². The van der Waals surface area contributed by atoms with Gasteiger partial charge in [0.15, 0.2) is 0 Å². The lowest BCUT2D eigenvalue weighted by molar-refractivity contribution is 0.0553. The number of nitrogens with zero attached hydrogens (tertiary/aromatic N) is 2. The predicted molar refractivity (Wildman–Crippen MR) is 95.4 cm³/mol. The summed E-state index contributed by atoms with van der Waals surface area (Å²) in [4.78, 5) is 12.3. The molecule has 2 fully saturated rings. The van der Waals surface area contributed by atoms with Gasteiger partial charge in [-0.05, 0) is 49.4 Å². The van der Waals surface area contributed by atoms with Crippen molar-refractivity contribution in [3.05, 3.63) is 48.3 Å². The molecule has 1 aliphatic carbocycles. The number of fused-ring (bicyclic) bond motifs is 1. The monoisotopic (exact) mass is 340 g/mol. The fourth-order valence-corrected chi connectivity index (χ4v) is 3.97. The van der Waals surface area contributed by atoms with Crippen LogP contribution in [0.4, 0.5) is 10.5 Å². The van der Waals surface area contributed by atoms with E-state index in [1.165, 1.54) is 0 Å². The van der Waals surface area contributed by atoms with E-state index < -0.39 is 0 Å². The van der Waals surface area contributed by atoms with Gasteiger partial charge < -0.3 is 15.4 Å². The topological polar surface area (TPSA) is 68.2 Å². The van der Waals surface area contributed by atoms with Gasteiger partial charge in [0.05, 0.1) is 12.6 Å². The Hall–Kier alpha value is -2.34. The van der Waals surface area contributed by atoms with E-state index in [4.69, 9.17) is 4.74 Å². The SMILES string of the molecule is O=C(Nc1ccc(Cn2cccn2)cc1)N[C@@H]1CCC[C@@H]2OCC[C@@H]21. The number of carbonyl (C=O) groups excluding carboxylic acids is 1. The first-order chi connectivity index (χ1) is 12.3. The van der Waals surface area contributed by atoms with Gasteiger partial charge in [0.25, 0.3) is 0 Å². The van der Waals surface area contributed by atoms with E-state index >= 15 is 0 Å². The molecule has 1 saturated carbocycles. The number of hydrogen-bond acceptors (Lipinski definition) is 3. The van der Waals surface area contributed by atoms with Gasteiger partial charge in [0.1, 0.15) is 0 Å². The molecule has 2 aromatic rings. The van der Waals surface area contributed by atoms with Crippen molar-refractivity contribution in [2.75, 3.05) is 11.9 Å². The van der Waals surface area contributed by atoms with Crippen molar-refractivity contribution in [3.63, 3.8) is 0 Å². The highest BCUT2D eigenvalue weighted by Gasteiger charge is 2.38. The summed E-state index contributed by atoms with van der Waals surface area (Å²) in [5.41, 5.74) is 1.95. The van der Waals surface area contributed by atoms with Crippen molar-refractivity contribution in [1.29, 1.82) is 0 Å². The van der Waals surface area contributed by atoms with Crippen molar-refractivity contribution in [2.45, 2.75) is 44.4 Å². The molecule has 2 aliphatic rings. The number of hydrogen-bond donors (Lipinski definition) is 2. The summed E-state index contributed by atoms with van der Waals surface area (Å²) >= 11 is 0. The number of carbonyl (C=O) groups is 1. The standard InChI is InChI=1S/C19H24N4O2/c24-19(22-17-3-1-4-18-16(17)9-12-25-18)21-15-7-5-14(6-8-15)13-23-11-2-10-20-23/h2,5-8,10-11,16-18H,1,3-4,9,12-13H2,(H2,21,22,24)/t16-,17-,18+/m1/s1. The van der Waals surface area contributed by atoms with Crippen LogP contribution in [-0.4, -0.2) is 34.6 Å². The molecule has 0 spiro atoms. The third kappa shape index (κ3) is 3.85. The maximum absolute atomic E-state index is 12.3. The van der Waals surface area contributed by atoms with Gasteiger partial charge >= 0.3 is 6.03 Å². The minimum absolute atomic E-state index is 0.127. The molecule has 0 unspecified atom stereocenters. The lowest BCUT2D eigenvalue weighted by Gasteiger charge is -2.33. The van der Waals surface area contributed by atoms with Gasteiger partial charge in [-0.1, -0.05) is 12.1 Å². The summed E-state index contributed by atoms with van der Waals surface area (Å²) < 4.78 is 7.64. The van der Waals surface area contributed by atoms with Crippen molar-refractivity contribution < 1.29 is 9.53 Å². The minimum atomic E-state index is -0.127. The lowest BCUT2D eigenvalue weighted by Crippen LogP contribution is -2.47. The Bertz CT molecular complexity index is 699. The van der Waals surface area contributed by atoms with Gasteiger partial charge in [-0.3, -0.25) is 4.68 Å². The van der Waals surface area contributed by atoms with E-state index in [-0.39, 0.29) is 12.1 Å². The van der Waals surface area contributed by atoms with E-state index in [9.17, 15) is 4.79 Å². The molecule has 4 rings (SSSR count). The normalized spacial score (nSPS) is 25.4. The molecular weight excluding hydrogens is 316 g/mol. The van der Waals surface area contributed by atoms with Crippen LogP contribution in [-0.2, 0) is 11.3 Å². The molecule has 1 aromatic carbocycles. The fraction of sp³-hybridized carbons (Fsp3) is 0.474. The Labute approximate surface area is 147 Å². The molecule has 1 aromatic heterocycles. The number of benzene rings is 1. The second-order valence-corrected chi connectivity index (χ2v) is 6.90. The largest absolute Gasteiger partial charge is 0.378 e. The predicted octanol–water partition coefficient (Wildman–Crippen LogP) is 3.01. The number of nitrogens with one attached hydrogen (secondary N) is 2. The summed E-state index contributed by atoms with van der Waals surface area (Å²) in [6, 6.07) is 9.89. The van der Waals surface area contributed by atoms with E-state index in [0.717, 1.165) is 50.1 Å². The number of aromatic nitrogens is 2. The third-order valence-electron chi connectivity index (χ3n) is 5.21. The molecular formula is C19H24N4O2. The highest BCUT2D eigenvalue weighted by atomic mass is 16.5. The van der Waals surface area contributed by atoms with Crippen LogP contribution in [0, 0.1) is 5.92 Å². The summed E-state index contributed by atoms with van der Waals surface area (Å²) in [5.74, 6) is 0.468. The van der Waals surface area contributed by atoms with Gasteiger partial charge in [0, 0.05) is 36.6 Å². The van der Waals surface area contributed by atoms with E-state index in [0.29, 0.717) is 12.0 Å².